The minimum atomic E-state index is -0.790. The lowest BCUT2D eigenvalue weighted by Crippen LogP contribution is -2.25. The van der Waals surface area contributed by atoms with Crippen LogP contribution in [0, 0.1) is 11.8 Å². The first-order valence-corrected chi connectivity index (χ1v) is 25.8. The molecule has 374 valence electrons. The number of benzene rings is 6. The van der Waals surface area contributed by atoms with E-state index in [-0.39, 0.29) is 44.5 Å². The van der Waals surface area contributed by atoms with Crippen LogP contribution >= 0.6 is 46.4 Å². The van der Waals surface area contributed by atoms with Crippen molar-refractivity contribution in [3.63, 3.8) is 0 Å². The average molecular weight is 1040 g/mol. The highest BCUT2D eigenvalue weighted by Crippen LogP contribution is 2.31. The van der Waals surface area contributed by atoms with Crippen LogP contribution in [-0.2, 0) is 22.4 Å². The number of hydrogen-bond acceptors (Lipinski definition) is 8. The zero-order valence-electron chi connectivity index (χ0n) is 41.2. The lowest BCUT2D eigenvalue weighted by molar-refractivity contribution is -0.135. The van der Waals surface area contributed by atoms with Gasteiger partial charge in [-0.15, -0.1) is 23.2 Å². The molecule has 6 aromatic carbocycles. The molecule has 0 heterocycles. The summed E-state index contributed by atoms with van der Waals surface area (Å²) >= 11 is 24.5. The molecule has 71 heavy (non-hydrogen) atoms. The lowest BCUT2D eigenvalue weighted by atomic mass is 10.0. The number of halogens is 4. The number of hydrogen-bond donors (Lipinski definition) is 0. The standard InChI is InChI=1S/C30H32Cl2O4.C29H30Cl2O4/c1-4-5-6-7-8-21-9-11-22(12-10-21)23-13-16-25(17-14-23)35-29(33)24-15-18-27(26(31)19-24)36-30(34)28(32)20(2)3;1-4-5-6-7-20-8-10-21(11-9-20)22-12-15-24(16-13-22)34-28(32)23-14-17-26(25(30)18-23)35-29(33)27(31)19(2)3/h9-20,28H,4-8H2,1-3H3;8-19,27H,4-7H2,1-3H3. The predicted octanol–water partition coefficient (Wildman–Crippen LogP) is 16.6. The van der Waals surface area contributed by atoms with Crippen molar-refractivity contribution < 1.29 is 38.1 Å². The molecule has 12 heteroatoms. The third kappa shape index (κ3) is 17.6. The van der Waals surface area contributed by atoms with Crippen molar-refractivity contribution in [1.82, 2.24) is 0 Å². The van der Waals surface area contributed by atoms with Gasteiger partial charge in [-0.2, -0.15) is 0 Å². The topological polar surface area (TPSA) is 105 Å². The second kappa shape index (κ2) is 28.4. The van der Waals surface area contributed by atoms with Crippen molar-refractivity contribution in [3.8, 4) is 45.3 Å². The smallest absolute Gasteiger partial charge is 0.343 e. The number of aryl methyl sites for hydroxylation is 2. The highest BCUT2D eigenvalue weighted by molar-refractivity contribution is 6.34. The first-order chi connectivity index (χ1) is 34.1. The highest BCUT2D eigenvalue weighted by Gasteiger charge is 2.24. The predicted molar refractivity (Wildman–Crippen MR) is 288 cm³/mol. The average Bonchev–Trinajstić information content (AvgIpc) is 3.37. The quantitative estimate of drug-likeness (QED) is 0.0304. The second-order valence-electron chi connectivity index (χ2n) is 17.9. The van der Waals surface area contributed by atoms with Crippen molar-refractivity contribution >= 4 is 70.3 Å². The number of rotatable bonds is 21. The maximum absolute atomic E-state index is 12.6. The summed E-state index contributed by atoms with van der Waals surface area (Å²) in [6, 6.07) is 40.6. The lowest BCUT2D eigenvalue weighted by Gasteiger charge is -2.13. The van der Waals surface area contributed by atoms with Gasteiger partial charge in [-0.25, -0.2) is 9.59 Å². The normalized spacial score (nSPS) is 11.8. The molecule has 0 radical (unpaired) electrons. The summed E-state index contributed by atoms with van der Waals surface area (Å²) in [5.74, 6) is -1.36. The minimum absolute atomic E-state index is 0.0847. The zero-order valence-corrected chi connectivity index (χ0v) is 44.2. The molecule has 8 nitrogen and oxygen atoms in total. The van der Waals surface area contributed by atoms with Gasteiger partial charge in [0, 0.05) is 0 Å². The fourth-order valence-electron chi connectivity index (χ4n) is 7.12. The molecule has 0 spiro atoms. The minimum Gasteiger partial charge on any atom is -0.424 e. The van der Waals surface area contributed by atoms with Crippen molar-refractivity contribution in [2.75, 3.05) is 0 Å². The molecule has 2 atom stereocenters. The second-order valence-corrected chi connectivity index (χ2v) is 19.7. The monoisotopic (exact) mass is 1040 g/mol. The number of ether oxygens (including phenoxy) is 4. The van der Waals surface area contributed by atoms with E-state index >= 15 is 0 Å². The van der Waals surface area contributed by atoms with Crippen LogP contribution in [0.15, 0.2) is 133 Å². The first-order valence-electron chi connectivity index (χ1n) is 24.2. The van der Waals surface area contributed by atoms with Crippen molar-refractivity contribution in [2.45, 2.75) is 110 Å². The van der Waals surface area contributed by atoms with Gasteiger partial charge in [-0.05, 0) is 132 Å². The summed E-state index contributed by atoms with van der Waals surface area (Å²) in [6.07, 6.45) is 10.9. The van der Waals surface area contributed by atoms with Gasteiger partial charge in [0.1, 0.15) is 33.8 Å². The Balaban J connectivity index is 0.000000264. The van der Waals surface area contributed by atoms with Crippen LogP contribution in [0.2, 0.25) is 10.0 Å². The van der Waals surface area contributed by atoms with Gasteiger partial charge in [0.15, 0.2) is 0 Å². The molecule has 0 saturated carbocycles. The van der Waals surface area contributed by atoms with Gasteiger partial charge in [-0.1, -0.05) is 170 Å². The molecule has 0 saturated heterocycles. The molecular weight excluding hydrogens is 978 g/mol. The number of carbonyl (C=O) groups excluding carboxylic acids is 4. The third-order valence-corrected chi connectivity index (χ3v) is 13.4. The van der Waals surface area contributed by atoms with E-state index in [1.54, 1.807) is 24.3 Å². The Labute approximate surface area is 438 Å². The number of esters is 4. The maximum atomic E-state index is 12.6. The van der Waals surface area contributed by atoms with Crippen LogP contribution in [0.1, 0.15) is 118 Å². The molecule has 0 aliphatic heterocycles. The van der Waals surface area contributed by atoms with Crippen LogP contribution in [0.5, 0.6) is 23.0 Å². The SMILES string of the molecule is CCCCCCc1ccc(-c2ccc(OC(=O)c3ccc(OC(=O)C(Cl)C(C)C)c(Cl)c3)cc2)cc1.CCCCCc1ccc(-c2ccc(OC(=O)c3ccc(OC(=O)C(Cl)C(C)C)c(Cl)c3)cc2)cc1. The van der Waals surface area contributed by atoms with E-state index in [0.29, 0.717) is 11.5 Å². The molecule has 0 aliphatic carbocycles. The van der Waals surface area contributed by atoms with Crippen molar-refractivity contribution in [1.29, 1.82) is 0 Å². The van der Waals surface area contributed by atoms with E-state index in [1.807, 2.05) is 52.0 Å². The van der Waals surface area contributed by atoms with Gasteiger partial charge < -0.3 is 18.9 Å². The molecule has 0 aromatic heterocycles. The zero-order chi connectivity index (χ0) is 51.5. The number of unbranched alkanes of at least 4 members (excludes halogenated alkanes) is 5. The van der Waals surface area contributed by atoms with Gasteiger partial charge in [0.05, 0.1) is 21.2 Å². The number of alkyl halides is 2. The van der Waals surface area contributed by atoms with E-state index in [4.69, 9.17) is 65.4 Å². The Kier molecular flexibility index (Phi) is 22.5. The summed E-state index contributed by atoms with van der Waals surface area (Å²) in [4.78, 5) is 49.3. The summed E-state index contributed by atoms with van der Waals surface area (Å²) in [5.41, 5.74) is 7.47. The molecule has 0 N–H and O–H groups in total. The summed E-state index contributed by atoms with van der Waals surface area (Å²) in [7, 11) is 0. The summed E-state index contributed by atoms with van der Waals surface area (Å²) < 4.78 is 21.5. The Morgan fingerprint density at radius 3 is 1.07 bits per heavy atom. The molecular formula is C59H62Cl4O8. The maximum Gasteiger partial charge on any atom is 0.343 e. The number of carbonyl (C=O) groups is 4. The van der Waals surface area contributed by atoms with Crippen LogP contribution in [0.3, 0.4) is 0 Å². The molecule has 6 rings (SSSR count). The van der Waals surface area contributed by atoms with E-state index in [9.17, 15) is 19.2 Å². The van der Waals surface area contributed by atoms with Gasteiger partial charge in [-0.3, -0.25) is 9.59 Å². The van der Waals surface area contributed by atoms with E-state index in [2.05, 4.69) is 62.4 Å². The van der Waals surface area contributed by atoms with Crippen molar-refractivity contribution in [3.05, 3.63) is 166 Å². The Morgan fingerprint density at radius 1 is 0.423 bits per heavy atom. The van der Waals surface area contributed by atoms with Crippen LogP contribution < -0.4 is 18.9 Å². The highest BCUT2D eigenvalue weighted by atomic mass is 35.5. The molecule has 6 aromatic rings. The Bertz CT molecular complexity index is 2660. The van der Waals surface area contributed by atoms with E-state index in [1.165, 1.54) is 92.5 Å². The Hall–Kier alpha value is -5.64. The van der Waals surface area contributed by atoms with E-state index < -0.39 is 34.6 Å². The third-order valence-electron chi connectivity index (χ3n) is 11.5. The largest absolute Gasteiger partial charge is 0.424 e. The van der Waals surface area contributed by atoms with Crippen molar-refractivity contribution in [2.24, 2.45) is 11.8 Å². The molecule has 2 unspecified atom stereocenters. The van der Waals surface area contributed by atoms with Gasteiger partial charge in [0.25, 0.3) is 0 Å². The molecule has 0 bridgehead atoms. The fourth-order valence-corrected chi connectivity index (χ4v) is 7.65. The van der Waals surface area contributed by atoms with E-state index in [0.717, 1.165) is 35.1 Å². The summed E-state index contributed by atoms with van der Waals surface area (Å²) in [5, 5.41) is -1.34. The van der Waals surface area contributed by atoms with Gasteiger partial charge in [0.2, 0.25) is 0 Å². The van der Waals surface area contributed by atoms with Crippen LogP contribution in [0.25, 0.3) is 22.3 Å². The molecule has 0 amide bonds. The Morgan fingerprint density at radius 2 is 0.746 bits per heavy atom. The van der Waals surface area contributed by atoms with Gasteiger partial charge >= 0.3 is 23.9 Å². The molecule has 0 aliphatic rings. The first kappa shape index (κ1) is 56.3. The van der Waals surface area contributed by atoms with Crippen LogP contribution in [0.4, 0.5) is 0 Å². The molecule has 0 fully saturated rings. The fraction of sp³-hybridized carbons (Fsp3) is 0.322. The summed E-state index contributed by atoms with van der Waals surface area (Å²) in [6.45, 7) is 11.7. The van der Waals surface area contributed by atoms with Crippen LogP contribution in [-0.4, -0.2) is 34.6 Å².